The van der Waals surface area contributed by atoms with E-state index < -0.39 is 0 Å². The average molecular weight is 248 g/mol. The van der Waals surface area contributed by atoms with Gasteiger partial charge in [0.25, 0.3) is 0 Å². The Labute approximate surface area is 110 Å². The van der Waals surface area contributed by atoms with E-state index in [1.807, 2.05) is 12.4 Å². The number of aromatic nitrogens is 2. The third kappa shape index (κ3) is 3.50. The number of aryl methyl sites for hydroxylation is 1. The van der Waals surface area contributed by atoms with Gasteiger partial charge in [-0.2, -0.15) is 0 Å². The number of rotatable bonds is 4. The minimum absolute atomic E-state index is 0.689. The first kappa shape index (κ1) is 13.4. The molecule has 2 rings (SSSR count). The predicted octanol–water partition coefficient (Wildman–Crippen LogP) is 1.56. The van der Waals surface area contributed by atoms with Gasteiger partial charge in [0.05, 0.1) is 0 Å². The average Bonchev–Trinajstić information content (AvgIpc) is 2.40. The molecule has 0 bridgehead atoms. The van der Waals surface area contributed by atoms with Crippen LogP contribution in [0.4, 0.5) is 0 Å². The molecule has 0 aromatic carbocycles. The SMILES string of the molecule is CCc1ncc(CN2CCC[C@H](N(C)C)C2)cn1. The molecule has 0 amide bonds. The Hall–Kier alpha value is -1.00. The Balaban J connectivity index is 1.91. The van der Waals surface area contributed by atoms with Crippen molar-refractivity contribution in [2.24, 2.45) is 0 Å². The summed E-state index contributed by atoms with van der Waals surface area (Å²) in [6, 6.07) is 0.689. The van der Waals surface area contributed by atoms with Crippen molar-refractivity contribution in [2.45, 2.75) is 38.8 Å². The first-order valence-electron chi connectivity index (χ1n) is 6.87. The lowest BCUT2D eigenvalue weighted by atomic mass is 10.0. The Morgan fingerprint density at radius 1 is 1.33 bits per heavy atom. The highest BCUT2D eigenvalue weighted by Gasteiger charge is 2.21. The summed E-state index contributed by atoms with van der Waals surface area (Å²) >= 11 is 0. The van der Waals surface area contributed by atoms with E-state index >= 15 is 0 Å². The first-order chi connectivity index (χ1) is 8.69. The van der Waals surface area contributed by atoms with Gasteiger partial charge in [-0.3, -0.25) is 4.90 Å². The quantitative estimate of drug-likeness (QED) is 0.809. The van der Waals surface area contributed by atoms with Gasteiger partial charge in [-0.05, 0) is 33.5 Å². The minimum atomic E-state index is 0.689. The molecule has 4 nitrogen and oxygen atoms in total. The second-order valence-electron chi connectivity index (χ2n) is 5.36. The lowest BCUT2D eigenvalue weighted by Crippen LogP contribution is -2.44. The van der Waals surface area contributed by atoms with Crippen molar-refractivity contribution in [1.29, 1.82) is 0 Å². The molecular formula is C14H24N4. The van der Waals surface area contributed by atoms with E-state index in [0.29, 0.717) is 6.04 Å². The Morgan fingerprint density at radius 3 is 2.67 bits per heavy atom. The maximum absolute atomic E-state index is 4.37. The highest BCUT2D eigenvalue weighted by Crippen LogP contribution is 2.15. The molecule has 100 valence electrons. The fourth-order valence-electron chi connectivity index (χ4n) is 2.50. The van der Waals surface area contributed by atoms with Crippen molar-refractivity contribution in [3.63, 3.8) is 0 Å². The molecule has 0 spiro atoms. The predicted molar refractivity (Wildman–Crippen MR) is 73.4 cm³/mol. The topological polar surface area (TPSA) is 32.3 Å². The van der Waals surface area contributed by atoms with Crippen LogP contribution in [0.1, 0.15) is 31.2 Å². The molecule has 1 aromatic heterocycles. The lowest BCUT2D eigenvalue weighted by molar-refractivity contribution is 0.127. The highest BCUT2D eigenvalue weighted by molar-refractivity contribution is 5.05. The van der Waals surface area contributed by atoms with Crippen LogP contribution >= 0.6 is 0 Å². The summed E-state index contributed by atoms with van der Waals surface area (Å²) in [5.74, 6) is 0.934. The van der Waals surface area contributed by atoms with Gasteiger partial charge in [-0.15, -0.1) is 0 Å². The van der Waals surface area contributed by atoms with Gasteiger partial charge in [-0.1, -0.05) is 6.92 Å². The largest absolute Gasteiger partial charge is 0.305 e. The molecule has 1 aliphatic heterocycles. The third-order valence-corrected chi connectivity index (χ3v) is 3.69. The van der Waals surface area contributed by atoms with E-state index in [1.165, 1.54) is 24.9 Å². The first-order valence-corrected chi connectivity index (χ1v) is 6.87. The molecule has 0 radical (unpaired) electrons. The summed E-state index contributed by atoms with van der Waals surface area (Å²) in [4.78, 5) is 13.6. The van der Waals surface area contributed by atoms with Gasteiger partial charge >= 0.3 is 0 Å². The van der Waals surface area contributed by atoms with Crippen molar-refractivity contribution in [1.82, 2.24) is 19.8 Å². The smallest absolute Gasteiger partial charge is 0.127 e. The second kappa shape index (κ2) is 6.25. The van der Waals surface area contributed by atoms with Crippen LogP contribution in [-0.2, 0) is 13.0 Å². The van der Waals surface area contributed by atoms with Crippen molar-refractivity contribution in [2.75, 3.05) is 27.2 Å². The van der Waals surface area contributed by atoms with Crippen LogP contribution in [0.25, 0.3) is 0 Å². The van der Waals surface area contributed by atoms with Crippen LogP contribution in [-0.4, -0.2) is 53.0 Å². The van der Waals surface area contributed by atoms with Gasteiger partial charge in [-0.25, -0.2) is 9.97 Å². The van der Waals surface area contributed by atoms with Crippen LogP contribution in [0, 0.1) is 0 Å². The molecule has 1 atom stereocenters. The summed E-state index contributed by atoms with van der Waals surface area (Å²) in [6.07, 6.45) is 7.47. The minimum Gasteiger partial charge on any atom is -0.305 e. The molecule has 0 aliphatic carbocycles. The zero-order valence-corrected chi connectivity index (χ0v) is 11.8. The van der Waals surface area contributed by atoms with Crippen LogP contribution in [0.3, 0.4) is 0 Å². The van der Waals surface area contributed by atoms with Crippen LogP contribution in [0.5, 0.6) is 0 Å². The molecule has 1 saturated heterocycles. The third-order valence-electron chi connectivity index (χ3n) is 3.69. The molecule has 18 heavy (non-hydrogen) atoms. The van der Waals surface area contributed by atoms with Crippen molar-refractivity contribution >= 4 is 0 Å². The molecule has 4 heteroatoms. The van der Waals surface area contributed by atoms with Gasteiger partial charge in [0.1, 0.15) is 5.82 Å². The second-order valence-corrected chi connectivity index (χ2v) is 5.36. The Kier molecular flexibility index (Phi) is 4.66. The standard InChI is InChI=1S/C14H24N4/c1-4-14-15-8-12(9-16-14)10-18-7-5-6-13(11-18)17(2)3/h8-9,13H,4-7,10-11H2,1-3H3/t13-/m0/s1. The van der Waals surface area contributed by atoms with E-state index in [-0.39, 0.29) is 0 Å². The normalized spacial score (nSPS) is 21.4. The molecule has 0 saturated carbocycles. The summed E-state index contributed by atoms with van der Waals surface area (Å²) in [6.45, 7) is 5.41. The molecule has 1 aliphatic rings. The number of likely N-dealkylation sites (tertiary alicyclic amines) is 1. The lowest BCUT2D eigenvalue weighted by Gasteiger charge is -2.36. The summed E-state index contributed by atoms with van der Waals surface area (Å²) in [5, 5.41) is 0. The summed E-state index contributed by atoms with van der Waals surface area (Å²) < 4.78 is 0. The van der Waals surface area contributed by atoms with Gasteiger partial charge in [0.2, 0.25) is 0 Å². The monoisotopic (exact) mass is 248 g/mol. The van der Waals surface area contributed by atoms with Gasteiger partial charge in [0, 0.05) is 43.5 Å². The van der Waals surface area contributed by atoms with Crippen molar-refractivity contribution in [3.05, 3.63) is 23.8 Å². The molecule has 0 N–H and O–H groups in total. The van der Waals surface area contributed by atoms with Gasteiger partial charge in [0.15, 0.2) is 0 Å². The molecular weight excluding hydrogens is 224 g/mol. The van der Waals surface area contributed by atoms with E-state index in [0.717, 1.165) is 25.3 Å². The fourth-order valence-corrected chi connectivity index (χ4v) is 2.50. The molecule has 1 fully saturated rings. The van der Waals surface area contributed by atoms with Crippen LogP contribution < -0.4 is 0 Å². The number of nitrogens with zero attached hydrogens (tertiary/aromatic N) is 4. The Morgan fingerprint density at radius 2 is 2.06 bits per heavy atom. The molecule has 2 heterocycles. The fraction of sp³-hybridized carbons (Fsp3) is 0.714. The number of likely N-dealkylation sites (N-methyl/N-ethyl adjacent to an activating group) is 1. The van der Waals surface area contributed by atoms with Crippen molar-refractivity contribution < 1.29 is 0 Å². The zero-order chi connectivity index (χ0) is 13.0. The van der Waals surface area contributed by atoms with Crippen molar-refractivity contribution in [3.8, 4) is 0 Å². The zero-order valence-electron chi connectivity index (χ0n) is 11.8. The summed E-state index contributed by atoms with van der Waals surface area (Å²) in [5.41, 5.74) is 1.23. The number of piperidine rings is 1. The maximum Gasteiger partial charge on any atom is 0.127 e. The number of hydrogen-bond acceptors (Lipinski definition) is 4. The number of hydrogen-bond donors (Lipinski definition) is 0. The van der Waals surface area contributed by atoms with E-state index in [2.05, 4.69) is 40.8 Å². The van der Waals surface area contributed by atoms with Crippen LogP contribution in [0.2, 0.25) is 0 Å². The highest BCUT2D eigenvalue weighted by atomic mass is 15.2. The Bertz CT molecular complexity index is 361. The maximum atomic E-state index is 4.37. The van der Waals surface area contributed by atoms with Gasteiger partial charge < -0.3 is 4.90 Å². The van der Waals surface area contributed by atoms with E-state index in [4.69, 9.17) is 0 Å². The van der Waals surface area contributed by atoms with E-state index in [9.17, 15) is 0 Å². The molecule has 0 unspecified atom stereocenters. The molecule has 1 aromatic rings. The van der Waals surface area contributed by atoms with Crippen LogP contribution in [0.15, 0.2) is 12.4 Å². The summed E-state index contributed by atoms with van der Waals surface area (Å²) in [7, 11) is 4.35. The van der Waals surface area contributed by atoms with E-state index in [1.54, 1.807) is 0 Å².